The van der Waals surface area contributed by atoms with Gasteiger partial charge in [0.2, 0.25) is 10.0 Å². The van der Waals surface area contributed by atoms with Crippen molar-refractivity contribution in [1.82, 2.24) is 9.71 Å². The number of H-pyrrole nitrogens is 1. The molecule has 134 valence electrons. The Bertz CT molecular complexity index is 535. The van der Waals surface area contributed by atoms with Crippen LogP contribution in [0, 0.1) is 13.8 Å². The first-order chi connectivity index (χ1) is 10.9. The zero-order chi connectivity index (χ0) is 17.1. The van der Waals surface area contributed by atoms with E-state index in [1.807, 2.05) is 19.9 Å². The zero-order valence-corrected chi connectivity index (χ0v) is 15.9. The molecular weight excluding hydrogens is 308 g/mol. The maximum absolute atomic E-state index is 12.0. The van der Waals surface area contributed by atoms with E-state index in [1.54, 1.807) is 0 Å². The Hall–Kier alpha value is -0.810. The largest absolute Gasteiger partial charge is 0.362 e. The van der Waals surface area contributed by atoms with E-state index in [2.05, 4.69) is 16.6 Å². The van der Waals surface area contributed by atoms with Crippen LogP contribution < -0.4 is 4.72 Å². The van der Waals surface area contributed by atoms with Crippen LogP contribution in [0.3, 0.4) is 0 Å². The fraction of sp³-hybridized carbons (Fsp3) is 0.778. The number of aromatic nitrogens is 1. The lowest BCUT2D eigenvalue weighted by Crippen LogP contribution is -2.28. The summed E-state index contributed by atoms with van der Waals surface area (Å²) in [6, 6.07) is 2.03. The Morgan fingerprint density at radius 2 is 1.61 bits per heavy atom. The smallest absolute Gasteiger partial charge is 0.211 e. The highest BCUT2D eigenvalue weighted by molar-refractivity contribution is 7.89. The van der Waals surface area contributed by atoms with Crippen molar-refractivity contribution < 1.29 is 8.42 Å². The Morgan fingerprint density at radius 1 is 1.00 bits per heavy atom. The molecule has 23 heavy (non-hydrogen) atoms. The second-order valence-corrected chi connectivity index (χ2v) is 8.47. The highest BCUT2D eigenvalue weighted by Crippen LogP contribution is 2.11. The summed E-state index contributed by atoms with van der Waals surface area (Å²) in [6.45, 7) is 6.78. The van der Waals surface area contributed by atoms with Gasteiger partial charge in [-0.1, -0.05) is 51.9 Å². The fourth-order valence-corrected chi connectivity index (χ4v) is 3.93. The number of sulfonamides is 1. The molecule has 1 rings (SSSR count). The number of hydrogen-bond donors (Lipinski definition) is 2. The first kappa shape index (κ1) is 20.2. The number of nitrogens with one attached hydrogen (secondary N) is 2. The third-order valence-corrected chi connectivity index (χ3v) is 5.64. The van der Waals surface area contributed by atoms with Crippen LogP contribution in [-0.2, 0) is 16.4 Å². The molecule has 0 aliphatic heterocycles. The maximum atomic E-state index is 12.0. The van der Waals surface area contributed by atoms with Gasteiger partial charge in [-0.2, -0.15) is 0 Å². The summed E-state index contributed by atoms with van der Waals surface area (Å²) < 4.78 is 26.7. The van der Waals surface area contributed by atoms with E-state index in [0.29, 0.717) is 13.0 Å². The van der Waals surface area contributed by atoms with Crippen LogP contribution in [0.4, 0.5) is 0 Å². The second-order valence-electron chi connectivity index (χ2n) is 6.54. The van der Waals surface area contributed by atoms with E-state index >= 15 is 0 Å². The molecule has 0 saturated heterocycles. The lowest BCUT2D eigenvalue weighted by Gasteiger charge is -2.07. The number of rotatable bonds is 13. The number of hydrogen-bond acceptors (Lipinski definition) is 2. The quantitative estimate of drug-likeness (QED) is 0.527. The Balaban J connectivity index is 2.10. The van der Waals surface area contributed by atoms with E-state index < -0.39 is 10.0 Å². The average Bonchev–Trinajstić information content (AvgIpc) is 2.81. The molecule has 5 heteroatoms. The van der Waals surface area contributed by atoms with Crippen molar-refractivity contribution in [3.05, 3.63) is 23.0 Å². The summed E-state index contributed by atoms with van der Waals surface area (Å²) in [5.41, 5.74) is 3.25. The monoisotopic (exact) mass is 342 g/mol. The van der Waals surface area contributed by atoms with Gasteiger partial charge in [0.05, 0.1) is 5.75 Å². The standard InChI is InChI=1S/C18H34N2O2S/c1-4-5-6-7-8-9-10-11-13-19-23(21,22)14-12-18-15-16(2)20-17(18)3/h15,19-20H,4-14H2,1-3H3. The molecule has 0 aromatic carbocycles. The molecule has 2 N–H and O–H groups in total. The lowest BCUT2D eigenvalue weighted by molar-refractivity contribution is 0.558. The van der Waals surface area contributed by atoms with E-state index in [1.165, 1.54) is 38.5 Å². The minimum atomic E-state index is -3.16. The van der Waals surface area contributed by atoms with Gasteiger partial charge in [0.25, 0.3) is 0 Å². The van der Waals surface area contributed by atoms with Crippen LogP contribution >= 0.6 is 0 Å². The van der Waals surface area contributed by atoms with Crippen LogP contribution in [0.25, 0.3) is 0 Å². The molecule has 0 unspecified atom stereocenters. The zero-order valence-electron chi connectivity index (χ0n) is 15.1. The van der Waals surface area contributed by atoms with Crippen molar-refractivity contribution in [1.29, 1.82) is 0 Å². The van der Waals surface area contributed by atoms with Crippen molar-refractivity contribution >= 4 is 10.0 Å². The molecule has 4 nitrogen and oxygen atoms in total. The summed E-state index contributed by atoms with van der Waals surface area (Å²) in [6.07, 6.45) is 10.4. The molecular formula is C18H34N2O2S. The summed E-state index contributed by atoms with van der Waals surface area (Å²) >= 11 is 0. The molecule has 0 aliphatic rings. The molecule has 0 radical (unpaired) electrons. The molecule has 0 fully saturated rings. The Kier molecular flexibility index (Phi) is 9.56. The molecule has 0 amide bonds. The summed E-state index contributed by atoms with van der Waals surface area (Å²) in [5.74, 6) is 0.169. The maximum Gasteiger partial charge on any atom is 0.211 e. The van der Waals surface area contributed by atoms with E-state index in [-0.39, 0.29) is 5.75 Å². The summed E-state index contributed by atoms with van der Waals surface area (Å²) in [4.78, 5) is 3.21. The average molecular weight is 343 g/mol. The Labute approximate surface area is 142 Å². The van der Waals surface area contributed by atoms with Crippen molar-refractivity contribution in [3.63, 3.8) is 0 Å². The Morgan fingerprint density at radius 3 is 2.17 bits per heavy atom. The molecule has 0 saturated carbocycles. The number of aromatic amines is 1. The normalized spacial score (nSPS) is 12.0. The molecule has 0 bridgehead atoms. The van der Waals surface area contributed by atoms with Crippen molar-refractivity contribution in [2.24, 2.45) is 0 Å². The van der Waals surface area contributed by atoms with Gasteiger partial charge in [-0.25, -0.2) is 13.1 Å². The first-order valence-electron chi connectivity index (χ1n) is 9.07. The molecule has 1 aromatic heterocycles. The summed E-state index contributed by atoms with van der Waals surface area (Å²) in [7, 11) is -3.16. The highest BCUT2D eigenvalue weighted by Gasteiger charge is 2.11. The lowest BCUT2D eigenvalue weighted by atomic mass is 10.1. The number of aryl methyl sites for hydroxylation is 3. The molecule has 0 aliphatic carbocycles. The van der Waals surface area contributed by atoms with Gasteiger partial charge in [-0.15, -0.1) is 0 Å². The molecule has 1 aromatic rings. The van der Waals surface area contributed by atoms with Gasteiger partial charge in [0.15, 0.2) is 0 Å². The third kappa shape index (κ3) is 9.16. The van der Waals surface area contributed by atoms with Gasteiger partial charge in [-0.05, 0) is 38.3 Å². The van der Waals surface area contributed by atoms with Gasteiger partial charge in [0, 0.05) is 17.9 Å². The first-order valence-corrected chi connectivity index (χ1v) is 10.7. The fourth-order valence-electron chi connectivity index (χ4n) is 2.84. The minimum absolute atomic E-state index is 0.169. The van der Waals surface area contributed by atoms with Gasteiger partial charge >= 0.3 is 0 Å². The topological polar surface area (TPSA) is 62.0 Å². The van der Waals surface area contributed by atoms with Crippen LogP contribution in [-0.4, -0.2) is 25.7 Å². The van der Waals surface area contributed by atoms with Crippen LogP contribution in [0.15, 0.2) is 6.07 Å². The van der Waals surface area contributed by atoms with Gasteiger partial charge in [-0.3, -0.25) is 0 Å². The van der Waals surface area contributed by atoms with E-state index in [4.69, 9.17) is 0 Å². The van der Waals surface area contributed by atoms with Gasteiger partial charge in [0.1, 0.15) is 0 Å². The SMILES string of the molecule is CCCCCCCCCCNS(=O)(=O)CCc1cc(C)[nH]c1C. The van der Waals surface area contributed by atoms with Crippen LogP contribution in [0.2, 0.25) is 0 Å². The van der Waals surface area contributed by atoms with Crippen LogP contribution in [0.1, 0.15) is 75.2 Å². The molecule has 1 heterocycles. The third-order valence-electron chi connectivity index (χ3n) is 4.25. The van der Waals surface area contributed by atoms with E-state index in [9.17, 15) is 8.42 Å². The molecule has 0 spiro atoms. The van der Waals surface area contributed by atoms with Crippen molar-refractivity contribution in [2.45, 2.75) is 78.6 Å². The van der Waals surface area contributed by atoms with Crippen LogP contribution in [0.5, 0.6) is 0 Å². The second kappa shape index (κ2) is 10.9. The predicted molar refractivity (Wildman–Crippen MR) is 98.4 cm³/mol. The number of unbranched alkanes of at least 4 members (excludes halogenated alkanes) is 7. The molecule has 0 atom stereocenters. The minimum Gasteiger partial charge on any atom is -0.362 e. The summed E-state index contributed by atoms with van der Waals surface area (Å²) in [5, 5.41) is 0. The highest BCUT2D eigenvalue weighted by atomic mass is 32.2. The predicted octanol–water partition coefficient (Wildman–Crippen LogP) is 4.23. The van der Waals surface area contributed by atoms with Gasteiger partial charge < -0.3 is 4.98 Å². The van der Waals surface area contributed by atoms with Crippen molar-refractivity contribution in [2.75, 3.05) is 12.3 Å². The van der Waals surface area contributed by atoms with Crippen molar-refractivity contribution in [3.8, 4) is 0 Å². The van der Waals surface area contributed by atoms with E-state index in [0.717, 1.165) is 29.8 Å².